The van der Waals surface area contributed by atoms with Gasteiger partial charge in [-0.1, -0.05) is 0 Å². The lowest BCUT2D eigenvalue weighted by Crippen LogP contribution is -2.34. The van der Waals surface area contributed by atoms with Gasteiger partial charge < -0.3 is 14.6 Å². The fourth-order valence-corrected chi connectivity index (χ4v) is 1.52. The van der Waals surface area contributed by atoms with E-state index < -0.39 is 6.09 Å². The van der Waals surface area contributed by atoms with Gasteiger partial charge in [0.25, 0.3) is 0 Å². The number of carbonyl (C=O) groups excluding carboxylic acids is 1. The molecule has 0 saturated heterocycles. The second-order valence-electron chi connectivity index (χ2n) is 3.20. The first-order chi connectivity index (χ1) is 8.13. The van der Waals surface area contributed by atoms with E-state index in [-0.39, 0.29) is 19.7 Å². The number of halogens is 1. The Bertz CT molecular complexity index is 380. The van der Waals surface area contributed by atoms with Gasteiger partial charge in [-0.3, -0.25) is 4.90 Å². The molecule has 17 heavy (non-hydrogen) atoms. The van der Waals surface area contributed by atoms with Gasteiger partial charge in [0.15, 0.2) is 0 Å². The Morgan fingerprint density at radius 1 is 1.41 bits per heavy atom. The SMILES string of the molecule is O=CCN(CCOc1ccc(I)cc1)C(=O)O. The molecule has 5 nitrogen and oxygen atoms in total. The topological polar surface area (TPSA) is 66.8 Å². The highest BCUT2D eigenvalue weighted by atomic mass is 127. The maximum absolute atomic E-state index is 10.7. The van der Waals surface area contributed by atoms with Crippen LogP contribution in [0.4, 0.5) is 4.79 Å². The minimum atomic E-state index is -1.12. The average molecular weight is 349 g/mol. The predicted octanol–water partition coefficient (Wildman–Crippen LogP) is 1.85. The average Bonchev–Trinajstić information content (AvgIpc) is 2.30. The number of ether oxygens (including phenoxy) is 1. The molecule has 0 aliphatic carbocycles. The molecule has 92 valence electrons. The minimum absolute atomic E-state index is 0.134. The molecule has 0 aromatic heterocycles. The third-order valence-corrected chi connectivity index (χ3v) is 2.73. The molecule has 0 aliphatic rings. The van der Waals surface area contributed by atoms with E-state index in [1.165, 1.54) is 0 Å². The Labute approximate surface area is 113 Å². The van der Waals surface area contributed by atoms with Gasteiger partial charge in [0, 0.05) is 3.57 Å². The summed E-state index contributed by atoms with van der Waals surface area (Å²) in [5, 5.41) is 8.75. The molecule has 0 unspecified atom stereocenters. The van der Waals surface area contributed by atoms with Crippen molar-refractivity contribution in [2.75, 3.05) is 19.7 Å². The highest BCUT2D eigenvalue weighted by Gasteiger charge is 2.10. The lowest BCUT2D eigenvalue weighted by atomic mass is 10.3. The molecule has 0 saturated carbocycles. The van der Waals surface area contributed by atoms with Crippen LogP contribution in [0.5, 0.6) is 5.75 Å². The van der Waals surface area contributed by atoms with E-state index in [0.29, 0.717) is 12.0 Å². The number of benzene rings is 1. The van der Waals surface area contributed by atoms with Crippen LogP contribution in [0.25, 0.3) is 0 Å². The maximum Gasteiger partial charge on any atom is 0.407 e. The molecular formula is C11H12INO4. The first kappa shape index (κ1) is 13.8. The Morgan fingerprint density at radius 3 is 2.59 bits per heavy atom. The molecular weight excluding hydrogens is 337 g/mol. The van der Waals surface area contributed by atoms with Crippen LogP contribution in [0.1, 0.15) is 0 Å². The lowest BCUT2D eigenvalue weighted by molar-refractivity contribution is -0.108. The zero-order chi connectivity index (χ0) is 12.7. The second-order valence-corrected chi connectivity index (χ2v) is 4.44. The molecule has 1 rings (SSSR count). The molecule has 1 N–H and O–H groups in total. The molecule has 6 heteroatoms. The van der Waals surface area contributed by atoms with Crippen LogP contribution >= 0.6 is 22.6 Å². The van der Waals surface area contributed by atoms with Crippen LogP contribution in [0.3, 0.4) is 0 Å². The zero-order valence-electron chi connectivity index (χ0n) is 9.01. The van der Waals surface area contributed by atoms with E-state index in [4.69, 9.17) is 9.84 Å². The van der Waals surface area contributed by atoms with Crippen molar-refractivity contribution < 1.29 is 19.4 Å². The smallest absolute Gasteiger partial charge is 0.407 e. The number of carboxylic acid groups (broad SMARTS) is 1. The minimum Gasteiger partial charge on any atom is -0.492 e. The lowest BCUT2D eigenvalue weighted by Gasteiger charge is -2.16. The van der Waals surface area contributed by atoms with Gasteiger partial charge in [0.1, 0.15) is 18.6 Å². The van der Waals surface area contributed by atoms with Gasteiger partial charge >= 0.3 is 6.09 Å². The molecule has 0 bridgehead atoms. The molecule has 0 heterocycles. The number of nitrogens with zero attached hydrogens (tertiary/aromatic N) is 1. The molecule has 0 radical (unpaired) electrons. The zero-order valence-corrected chi connectivity index (χ0v) is 11.2. The summed E-state index contributed by atoms with van der Waals surface area (Å²) in [5.74, 6) is 0.682. The predicted molar refractivity (Wildman–Crippen MR) is 70.3 cm³/mol. The summed E-state index contributed by atoms with van der Waals surface area (Å²) in [6.07, 6.45) is -0.567. The Balaban J connectivity index is 2.37. The van der Waals surface area contributed by atoms with E-state index in [0.717, 1.165) is 8.47 Å². The summed E-state index contributed by atoms with van der Waals surface area (Å²) in [7, 11) is 0. The maximum atomic E-state index is 10.7. The number of amides is 1. The van der Waals surface area contributed by atoms with Gasteiger partial charge in [-0.15, -0.1) is 0 Å². The Morgan fingerprint density at radius 2 is 2.06 bits per heavy atom. The summed E-state index contributed by atoms with van der Waals surface area (Å²) >= 11 is 2.18. The first-order valence-corrected chi connectivity index (χ1v) is 6.01. The van der Waals surface area contributed by atoms with Gasteiger partial charge in [-0.25, -0.2) is 4.79 Å². The van der Waals surface area contributed by atoms with Crippen LogP contribution in [-0.2, 0) is 4.79 Å². The van der Waals surface area contributed by atoms with Crippen LogP contribution in [-0.4, -0.2) is 42.1 Å². The van der Waals surface area contributed by atoms with Crippen molar-refractivity contribution in [3.63, 3.8) is 0 Å². The van der Waals surface area contributed by atoms with Crippen molar-refractivity contribution >= 4 is 35.0 Å². The Kier molecular flexibility index (Phi) is 5.75. The quantitative estimate of drug-likeness (QED) is 0.629. The van der Waals surface area contributed by atoms with Crippen LogP contribution in [0, 0.1) is 3.57 Å². The van der Waals surface area contributed by atoms with E-state index in [9.17, 15) is 9.59 Å². The number of rotatable bonds is 6. The van der Waals surface area contributed by atoms with E-state index in [2.05, 4.69) is 22.6 Å². The molecule has 0 fully saturated rings. The van der Waals surface area contributed by atoms with E-state index in [1.807, 2.05) is 24.3 Å². The van der Waals surface area contributed by atoms with Gasteiger partial charge in [-0.2, -0.15) is 0 Å². The monoisotopic (exact) mass is 349 g/mol. The van der Waals surface area contributed by atoms with Crippen LogP contribution in [0.2, 0.25) is 0 Å². The van der Waals surface area contributed by atoms with Crippen LogP contribution in [0.15, 0.2) is 24.3 Å². The highest BCUT2D eigenvalue weighted by molar-refractivity contribution is 14.1. The fraction of sp³-hybridized carbons (Fsp3) is 0.273. The van der Waals surface area contributed by atoms with Crippen molar-refractivity contribution in [3.05, 3.63) is 27.8 Å². The molecule has 1 amide bonds. The highest BCUT2D eigenvalue weighted by Crippen LogP contribution is 2.13. The van der Waals surface area contributed by atoms with E-state index >= 15 is 0 Å². The number of carbonyl (C=O) groups is 2. The molecule has 0 aliphatic heterocycles. The normalized spacial score (nSPS) is 9.71. The summed E-state index contributed by atoms with van der Waals surface area (Å²) in [5.41, 5.74) is 0. The van der Waals surface area contributed by atoms with Crippen molar-refractivity contribution in [3.8, 4) is 5.75 Å². The van der Waals surface area contributed by atoms with Crippen molar-refractivity contribution in [1.29, 1.82) is 0 Å². The van der Waals surface area contributed by atoms with Crippen LogP contribution < -0.4 is 4.74 Å². The number of aldehydes is 1. The summed E-state index contributed by atoms with van der Waals surface area (Å²) in [4.78, 5) is 21.9. The number of hydrogen-bond acceptors (Lipinski definition) is 3. The summed E-state index contributed by atoms with van der Waals surface area (Å²) < 4.78 is 6.46. The van der Waals surface area contributed by atoms with E-state index in [1.54, 1.807) is 0 Å². The van der Waals surface area contributed by atoms with Gasteiger partial charge in [0.05, 0.1) is 13.1 Å². The number of hydrogen-bond donors (Lipinski definition) is 1. The molecule has 0 spiro atoms. The van der Waals surface area contributed by atoms with Gasteiger partial charge in [0.2, 0.25) is 0 Å². The first-order valence-electron chi connectivity index (χ1n) is 4.93. The fourth-order valence-electron chi connectivity index (χ4n) is 1.16. The molecule has 0 atom stereocenters. The van der Waals surface area contributed by atoms with Crippen molar-refractivity contribution in [2.24, 2.45) is 0 Å². The summed E-state index contributed by atoms with van der Waals surface area (Å²) in [6, 6.07) is 7.42. The molecule has 1 aromatic carbocycles. The second kappa shape index (κ2) is 7.10. The third kappa shape index (κ3) is 5.03. The van der Waals surface area contributed by atoms with Crippen molar-refractivity contribution in [1.82, 2.24) is 4.90 Å². The van der Waals surface area contributed by atoms with Gasteiger partial charge in [-0.05, 0) is 46.9 Å². The third-order valence-electron chi connectivity index (χ3n) is 2.01. The molecule has 1 aromatic rings. The summed E-state index contributed by atoms with van der Waals surface area (Å²) in [6.45, 7) is 0.256. The Hall–Kier alpha value is -1.31. The largest absolute Gasteiger partial charge is 0.492 e. The standard InChI is InChI=1S/C11H12INO4/c12-9-1-3-10(4-2-9)17-8-6-13(5-7-14)11(15)16/h1-4,7H,5-6,8H2,(H,15,16). The van der Waals surface area contributed by atoms with Crippen molar-refractivity contribution in [2.45, 2.75) is 0 Å².